The molecule has 2 aromatic carbocycles. The van der Waals surface area contributed by atoms with Gasteiger partial charge in [0.05, 0.1) is 35.9 Å². The Hall–Kier alpha value is -5.26. The predicted molar refractivity (Wildman–Crippen MR) is 227 cm³/mol. The number of carbonyl (C=O) groups is 4. The summed E-state index contributed by atoms with van der Waals surface area (Å²) in [6.07, 6.45) is 7.08. The van der Waals surface area contributed by atoms with Crippen molar-refractivity contribution in [1.29, 1.82) is 0 Å². The molecule has 2 aromatic heterocycles. The first-order chi connectivity index (χ1) is 26.9. The molecule has 2 aliphatic carbocycles. The Morgan fingerprint density at radius 1 is 0.552 bits per heavy atom. The number of H-pyrrole nitrogens is 2. The van der Waals surface area contributed by atoms with Crippen molar-refractivity contribution < 1.29 is 19.2 Å². The number of imidazole rings is 2. The fourth-order valence-electron chi connectivity index (χ4n) is 7.93. The molecule has 0 spiro atoms. The molecule has 0 aliphatic heterocycles. The molecule has 4 atom stereocenters. The maximum absolute atomic E-state index is 13.9. The fourth-order valence-corrected chi connectivity index (χ4v) is 7.93. The zero-order valence-corrected chi connectivity index (χ0v) is 36.3. The maximum atomic E-state index is 13.9. The van der Waals surface area contributed by atoms with Gasteiger partial charge < -0.3 is 31.2 Å². The van der Waals surface area contributed by atoms with Crippen LogP contribution < -0.4 is 21.3 Å². The van der Waals surface area contributed by atoms with E-state index in [2.05, 4.69) is 121 Å². The summed E-state index contributed by atoms with van der Waals surface area (Å²) < 4.78 is 0. The van der Waals surface area contributed by atoms with Gasteiger partial charge in [-0.15, -0.1) is 0 Å². The van der Waals surface area contributed by atoms with Gasteiger partial charge in [-0.2, -0.15) is 0 Å². The first kappa shape index (κ1) is 42.3. The quantitative estimate of drug-likeness (QED) is 0.0803. The second-order valence-electron chi connectivity index (χ2n) is 19.8. The summed E-state index contributed by atoms with van der Waals surface area (Å²) >= 11 is 0. The van der Waals surface area contributed by atoms with Crippen LogP contribution in [0.25, 0.3) is 33.6 Å². The Balaban J connectivity index is 1.15. The van der Waals surface area contributed by atoms with Crippen molar-refractivity contribution in [2.45, 2.75) is 132 Å². The number of nitrogens with one attached hydrogen (secondary N) is 6. The number of hydrogen-bond donors (Lipinski definition) is 6. The van der Waals surface area contributed by atoms with Crippen molar-refractivity contribution in [3.8, 4) is 33.6 Å². The van der Waals surface area contributed by atoms with E-state index in [-0.39, 0.29) is 45.3 Å². The Bertz CT molecular complexity index is 2020. The number of carbonyl (C=O) groups excluding carboxylic acids is 4. The SMILES string of the molecule is CC(=O)NC(C)(C(=O)N[C@H](c1ncc(-c2ccc(-c3ccc(-c4cnc([C@@H](NC(=O)C(C)(NC(C)=O)C5(C)CC5)C(C)(C)C)[nH]4)cc3)cc2)[nH]1)C(C)(C)C)C1(C)CC1. The van der Waals surface area contributed by atoms with Crippen LogP contribution in [0.3, 0.4) is 0 Å². The Kier molecular flexibility index (Phi) is 10.8. The summed E-state index contributed by atoms with van der Waals surface area (Å²) in [6.45, 7) is 23.0. The molecule has 4 amide bonds. The van der Waals surface area contributed by atoms with Crippen LogP contribution in [0.1, 0.15) is 133 Å². The van der Waals surface area contributed by atoms with Crippen LogP contribution >= 0.6 is 0 Å². The summed E-state index contributed by atoms with van der Waals surface area (Å²) in [6, 6.07) is 15.7. The molecule has 6 N–H and O–H groups in total. The van der Waals surface area contributed by atoms with Gasteiger partial charge in [-0.3, -0.25) is 19.2 Å². The molecule has 310 valence electrons. The van der Waals surface area contributed by atoms with Crippen LogP contribution in [0.5, 0.6) is 0 Å². The number of rotatable bonds is 13. The molecule has 4 aromatic rings. The van der Waals surface area contributed by atoms with Crippen LogP contribution in [-0.2, 0) is 19.2 Å². The molecule has 0 saturated heterocycles. The summed E-state index contributed by atoms with van der Waals surface area (Å²) in [5, 5.41) is 12.4. The lowest BCUT2D eigenvalue weighted by Gasteiger charge is -2.39. The van der Waals surface area contributed by atoms with Crippen LogP contribution in [0, 0.1) is 21.7 Å². The van der Waals surface area contributed by atoms with E-state index in [4.69, 9.17) is 9.97 Å². The minimum Gasteiger partial charge on any atom is -0.344 e. The standard InChI is InChI=1S/C46H62N8O4/c1-27(55)53-45(11,43(9)21-22-43)39(57)51-35(41(3,4)5)37-47-25-33(49-37)31-17-13-29(14-18-31)30-15-19-32(20-16-30)34-26-48-38(50-34)36(42(6,7)8)52-40(58)46(12,54-28(2)56)44(10)23-24-44/h13-20,25-26,35-36H,21-24H2,1-12H3,(H,47,49)(H,48,50)(H,51,57)(H,52,58)(H,53,55)(H,54,56)/t35-,36-,45?,46?/m1/s1. The van der Waals surface area contributed by atoms with E-state index in [0.29, 0.717) is 11.6 Å². The van der Waals surface area contributed by atoms with E-state index < -0.39 is 23.2 Å². The number of aromatic amines is 2. The summed E-state index contributed by atoms with van der Waals surface area (Å²) in [5.74, 6) is 0.405. The van der Waals surface area contributed by atoms with Crippen LogP contribution in [0.2, 0.25) is 0 Å². The summed E-state index contributed by atoms with van der Waals surface area (Å²) in [5.41, 5.74) is 2.29. The number of aromatic nitrogens is 4. The largest absolute Gasteiger partial charge is 0.344 e. The van der Waals surface area contributed by atoms with Crippen molar-refractivity contribution in [1.82, 2.24) is 41.2 Å². The number of amides is 4. The van der Waals surface area contributed by atoms with Gasteiger partial charge in [0.25, 0.3) is 0 Å². The lowest BCUT2D eigenvalue weighted by atomic mass is 9.80. The van der Waals surface area contributed by atoms with Crippen molar-refractivity contribution in [3.05, 3.63) is 72.6 Å². The molecule has 2 unspecified atom stereocenters. The van der Waals surface area contributed by atoms with Gasteiger partial charge in [-0.25, -0.2) is 9.97 Å². The normalized spacial score (nSPS) is 18.8. The number of nitrogens with zero attached hydrogens (tertiary/aromatic N) is 2. The van der Waals surface area contributed by atoms with Crippen molar-refractivity contribution in [2.24, 2.45) is 21.7 Å². The highest BCUT2D eigenvalue weighted by Gasteiger charge is 2.59. The molecule has 2 aliphatic rings. The van der Waals surface area contributed by atoms with E-state index in [1.165, 1.54) is 13.8 Å². The third-order valence-electron chi connectivity index (χ3n) is 12.9. The highest BCUT2D eigenvalue weighted by molar-refractivity contribution is 5.93. The molecule has 2 heterocycles. The first-order valence-electron chi connectivity index (χ1n) is 20.4. The van der Waals surface area contributed by atoms with Gasteiger partial charge in [0.15, 0.2) is 0 Å². The predicted octanol–water partition coefficient (Wildman–Crippen LogP) is 7.93. The number of hydrogen-bond acceptors (Lipinski definition) is 6. The zero-order valence-electron chi connectivity index (χ0n) is 36.3. The Labute approximate surface area is 343 Å². The molecule has 2 fully saturated rings. The molecule has 0 bridgehead atoms. The summed E-state index contributed by atoms with van der Waals surface area (Å²) in [7, 11) is 0. The molecule has 6 rings (SSSR count). The van der Waals surface area contributed by atoms with Crippen LogP contribution in [-0.4, -0.2) is 54.6 Å². The first-order valence-corrected chi connectivity index (χ1v) is 20.4. The lowest BCUT2D eigenvalue weighted by Crippen LogP contribution is -2.62. The average molecular weight is 791 g/mol. The fraction of sp³-hybridized carbons (Fsp3) is 0.522. The second-order valence-corrected chi connectivity index (χ2v) is 19.8. The minimum absolute atomic E-state index is 0.215. The van der Waals surface area contributed by atoms with E-state index >= 15 is 0 Å². The highest BCUT2D eigenvalue weighted by atomic mass is 16.2. The van der Waals surface area contributed by atoms with Crippen LogP contribution in [0.15, 0.2) is 60.9 Å². The maximum Gasteiger partial charge on any atom is 0.246 e. The third kappa shape index (κ3) is 8.33. The zero-order chi connectivity index (χ0) is 42.6. The van der Waals surface area contributed by atoms with Gasteiger partial charge in [-0.05, 0) is 83.4 Å². The van der Waals surface area contributed by atoms with E-state index in [1.54, 1.807) is 12.4 Å². The van der Waals surface area contributed by atoms with Gasteiger partial charge in [0, 0.05) is 13.8 Å². The van der Waals surface area contributed by atoms with E-state index in [9.17, 15) is 19.2 Å². The second kappa shape index (κ2) is 14.8. The Morgan fingerprint density at radius 2 is 0.845 bits per heavy atom. The van der Waals surface area contributed by atoms with Gasteiger partial charge >= 0.3 is 0 Å². The minimum atomic E-state index is -1.03. The van der Waals surface area contributed by atoms with Gasteiger partial charge in [0.2, 0.25) is 23.6 Å². The van der Waals surface area contributed by atoms with Gasteiger partial charge in [-0.1, -0.05) is 104 Å². The van der Waals surface area contributed by atoms with Crippen molar-refractivity contribution in [3.63, 3.8) is 0 Å². The highest BCUT2D eigenvalue weighted by Crippen LogP contribution is 2.55. The van der Waals surface area contributed by atoms with Crippen LogP contribution in [0.4, 0.5) is 0 Å². The summed E-state index contributed by atoms with van der Waals surface area (Å²) in [4.78, 5) is 68.4. The van der Waals surface area contributed by atoms with Crippen molar-refractivity contribution in [2.75, 3.05) is 0 Å². The van der Waals surface area contributed by atoms with E-state index in [0.717, 1.165) is 59.3 Å². The van der Waals surface area contributed by atoms with Gasteiger partial charge in [0.1, 0.15) is 22.7 Å². The molecule has 12 heteroatoms. The molecular weight excluding hydrogens is 729 g/mol. The molecule has 0 radical (unpaired) electrons. The lowest BCUT2D eigenvalue weighted by molar-refractivity contribution is -0.136. The van der Waals surface area contributed by atoms with Crippen molar-refractivity contribution >= 4 is 23.6 Å². The molecular formula is C46H62N8O4. The number of benzene rings is 2. The topological polar surface area (TPSA) is 174 Å². The van der Waals surface area contributed by atoms with E-state index in [1.807, 2.05) is 27.7 Å². The molecule has 12 nitrogen and oxygen atoms in total. The molecule has 58 heavy (non-hydrogen) atoms. The Morgan fingerprint density at radius 3 is 1.10 bits per heavy atom. The monoisotopic (exact) mass is 790 g/mol. The average Bonchev–Trinajstić information content (AvgIpc) is 3.94. The molecule has 2 saturated carbocycles. The smallest absolute Gasteiger partial charge is 0.246 e. The third-order valence-corrected chi connectivity index (χ3v) is 12.9.